The van der Waals surface area contributed by atoms with Gasteiger partial charge in [0, 0.05) is 35.3 Å². The quantitative estimate of drug-likeness (QED) is 0.489. The van der Waals surface area contributed by atoms with Crippen LogP contribution in [0.3, 0.4) is 0 Å². The molecule has 0 atom stereocenters. The minimum absolute atomic E-state index is 0.128. The molecule has 0 unspecified atom stereocenters. The molecular weight excluding hydrogens is 382 g/mol. The lowest BCUT2D eigenvalue weighted by atomic mass is 10.0. The SMILES string of the molecule is O=c1cc(CNc2ccc3c(c2)OCCO3)c2cc(O)c(-c3ccccc3)cc2o1. The monoisotopic (exact) mass is 401 g/mol. The van der Waals surface area contributed by atoms with Gasteiger partial charge in [-0.2, -0.15) is 0 Å². The van der Waals surface area contributed by atoms with Crippen LogP contribution in [-0.2, 0) is 6.54 Å². The number of phenols is 1. The van der Waals surface area contributed by atoms with Crippen LogP contribution < -0.4 is 20.4 Å². The molecule has 6 heteroatoms. The summed E-state index contributed by atoms with van der Waals surface area (Å²) in [7, 11) is 0. The van der Waals surface area contributed by atoms with E-state index in [1.165, 1.54) is 6.07 Å². The van der Waals surface area contributed by atoms with Crippen molar-refractivity contribution in [1.82, 2.24) is 0 Å². The molecule has 5 rings (SSSR count). The zero-order valence-corrected chi connectivity index (χ0v) is 16.1. The number of fused-ring (bicyclic) bond motifs is 2. The van der Waals surface area contributed by atoms with Crippen molar-refractivity contribution in [2.24, 2.45) is 0 Å². The summed E-state index contributed by atoms with van der Waals surface area (Å²) < 4.78 is 16.6. The molecule has 2 N–H and O–H groups in total. The molecule has 0 saturated carbocycles. The lowest BCUT2D eigenvalue weighted by Gasteiger charge is -2.19. The lowest BCUT2D eigenvalue weighted by molar-refractivity contribution is 0.171. The Morgan fingerprint density at radius 1 is 0.900 bits per heavy atom. The van der Waals surface area contributed by atoms with E-state index in [2.05, 4.69) is 5.32 Å². The van der Waals surface area contributed by atoms with Crippen LogP contribution in [0.1, 0.15) is 5.56 Å². The third kappa shape index (κ3) is 3.43. The molecular formula is C24H19NO5. The minimum atomic E-state index is -0.439. The van der Waals surface area contributed by atoms with Gasteiger partial charge in [0.05, 0.1) is 0 Å². The van der Waals surface area contributed by atoms with E-state index in [0.717, 1.165) is 22.6 Å². The number of phenolic OH excluding ortho intramolecular Hbond substituents is 1. The molecule has 0 amide bonds. The summed E-state index contributed by atoms with van der Waals surface area (Å²) in [6.45, 7) is 1.44. The van der Waals surface area contributed by atoms with E-state index in [9.17, 15) is 9.90 Å². The van der Waals surface area contributed by atoms with Crippen LogP contribution in [0.25, 0.3) is 22.1 Å². The fourth-order valence-electron chi connectivity index (χ4n) is 3.61. The molecule has 1 aliphatic heterocycles. The lowest BCUT2D eigenvalue weighted by Crippen LogP contribution is -2.15. The molecule has 0 radical (unpaired) electrons. The Bertz CT molecular complexity index is 1280. The van der Waals surface area contributed by atoms with Crippen molar-refractivity contribution in [3.63, 3.8) is 0 Å². The van der Waals surface area contributed by atoms with Crippen LogP contribution in [0.2, 0.25) is 0 Å². The van der Waals surface area contributed by atoms with Crippen molar-refractivity contribution >= 4 is 16.7 Å². The summed E-state index contributed by atoms with van der Waals surface area (Å²) in [5.41, 5.74) is 3.02. The Kier molecular flexibility index (Phi) is 4.52. The normalized spacial score (nSPS) is 12.7. The first-order valence-corrected chi connectivity index (χ1v) is 9.66. The molecule has 4 aromatic rings. The second-order valence-corrected chi connectivity index (χ2v) is 7.03. The van der Waals surface area contributed by atoms with Gasteiger partial charge in [0.25, 0.3) is 0 Å². The summed E-state index contributed by atoms with van der Waals surface area (Å²) >= 11 is 0. The second kappa shape index (κ2) is 7.48. The number of aromatic hydroxyl groups is 1. The molecule has 0 fully saturated rings. The minimum Gasteiger partial charge on any atom is -0.507 e. The molecule has 30 heavy (non-hydrogen) atoms. The number of hydrogen-bond donors (Lipinski definition) is 2. The van der Waals surface area contributed by atoms with Gasteiger partial charge in [-0.3, -0.25) is 0 Å². The average Bonchev–Trinajstić information content (AvgIpc) is 2.78. The first-order chi connectivity index (χ1) is 14.7. The third-order valence-electron chi connectivity index (χ3n) is 5.06. The summed E-state index contributed by atoms with van der Waals surface area (Å²) in [5.74, 6) is 1.54. The van der Waals surface area contributed by atoms with Gasteiger partial charge in [0.15, 0.2) is 11.5 Å². The van der Waals surface area contributed by atoms with Crippen LogP contribution in [-0.4, -0.2) is 18.3 Å². The maximum absolute atomic E-state index is 12.1. The highest BCUT2D eigenvalue weighted by molar-refractivity contribution is 5.89. The van der Waals surface area contributed by atoms with Gasteiger partial charge in [-0.25, -0.2) is 4.79 Å². The first-order valence-electron chi connectivity index (χ1n) is 9.66. The third-order valence-corrected chi connectivity index (χ3v) is 5.06. The van der Waals surface area contributed by atoms with Crippen LogP contribution in [0, 0.1) is 0 Å². The van der Waals surface area contributed by atoms with E-state index in [0.29, 0.717) is 42.0 Å². The van der Waals surface area contributed by atoms with Gasteiger partial charge in [-0.1, -0.05) is 30.3 Å². The zero-order chi connectivity index (χ0) is 20.5. The summed E-state index contributed by atoms with van der Waals surface area (Å²) in [5, 5.41) is 14.6. The van der Waals surface area contributed by atoms with Crippen molar-refractivity contribution in [1.29, 1.82) is 0 Å². The molecule has 0 aliphatic carbocycles. The van der Waals surface area contributed by atoms with Crippen molar-refractivity contribution in [3.8, 4) is 28.4 Å². The Morgan fingerprint density at radius 2 is 1.70 bits per heavy atom. The molecule has 6 nitrogen and oxygen atoms in total. The highest BCUT2D eigenvalue weighted by Crippen LogP contribution is 2.35. The fourth-order valence-corrected chi connectivity index (χ4v) is 3.61. The number of anilines is 1. The summed E-state index contributed by atoms with van der Waals surface area (Å²) in [6.07, 6.45) is 0. The van der Waals surface area contributed by atoms with E-state index in [1.807, 2.05) is 48.5 Å². The number of nitrogens with one attached hydrogen (secondary N) is 1. The molecule has 0 spiro atoms. The molecule has 150 valence electrons. The van der Waals surface area contributed by atoms with Crippen LogP contribution in [0.4, 0.5) is 5.69 Å². The molecule has 2 heterocycles. The van der Waals surface area contributed by atoms with Crippen LogP contribution >= 0.6 is 0 Å². The van der Waals surface area contributed by atoms with Crippen LogP contribution in [0.5, 0.6) is 17.2 Å². The van der Waals surface area contributed by atoms with E-state index >= 15 is 0 Å². The second-order valence-electron chi connectivity index (χ2n) is 7.03. The first kappa shape index (κ1) is 18.1. The Labute approximate surface area is 172 Å². The average molecular weight is 401 g/mol. The van der Waals surface area contributed by atoms with Crippen molar-refractivity contribution < 1.29 is 19.0 Å². The van der Waals surface area contributed by atoms with E-state index < -0.39 is 5.63 Å². The molecule has 1 aromatic heterocycles. The van der Waals surface area contributed by atoms with Gasteiger partial charge in [-0.05, 0) is 35.4 Å². The molecule has 0 saturated heterocycles. The number of benzene rings is 3. The van der Waals surface area contributed by atoms with Crippen molar-refractivity contribution in [2.75, 3.05) is 18.5 Å². The standard InChI is InChI=1S/C24H19NO5/c26-20-12-19-16(14-25-17-6-7-21-23(11-17)29-9-8-28-21)10-24(27)30-22(19)13-18(20)15-4-2-1-3-5-15/h1-7,10-13,25-26H,8-9,14H2. The van der Waals surface area contributed by atoms with Gasteiger partial charge < -0.3 is 24.3 Å². The van der Waals surface area contributed by atoms with Gasteiger partial charge >= 0.3 is 5.63 Å². The maximum Gasteiger partial charge on any atom is 0.336 e. The zero-order valence-electron chi connectivity index (χ0n) is 16.1. The van der Waals surface area contributed by atoms with Gasteiger partial charge in [0.1, 0.15) is 24.5 Å². The van der Waals surface area contributed by atoms with Crippen molar-refractivity contribution in [2.45, 2.75) is 6.54 Å². The fraction of sp³-hybridized carbons (Fsp3) is 0.125. The van der Waals surface area contributed by atoms with Gasteiger partial charge in [0.2, 0.25) is 0 Å². The summed E-state index contributed by atoms with van der Waals surface area (Å²) in [4.78, 5) is 12.1. The number of ether oxygens (including phenoxy) is 2. The predicted molar refractivity (Wildman–Crippen MR) is 114 cm³/mol. The predicted octanol–water partition coefficient (Wildman–Crippen LogP) is 4.55. The molecule has 0 bridgehead atoms. The number of hydrogen-bond acceptors (Lipinski definition) is 6. The topological polar surface area (TPSA) is 80.9 Å². The number of rotatable bonds is 4. The highest BCUT2D eigenvalue weighted by Gasteiger charge is 2.14. The smallest absolute Gasteiger partial charge is 0.336 e. The molecule has 3 aromatic carbocycles. The largest absolute Gasteiger partial charge is 0.507 e. The van der Waals surface area contributed by atoms with E-state index in [4.69, 9.17) is 13.9 Å². The summed E-state index contributed by atoms with van der Waals surface area (Å²) in [6, 6.07) is 19.9. The van der Waals surface area contributed by atoms with Gasteiger partial charge in [-0.15, -0.1) is 0 Å². The Balaban J connectivity index is 1.48. The Hall–Kier alpha value is -3.93. The molecule has 1 aliphatic rings. The maximum atomic E-state index is 12.1. The highest BCUT2D eigenvalue weighted by atomic mass is 16.6. The van der Waals surface area contributed by atoms with Crippen LogP contribution in [0.15, 0.2) is 75.9 Å². The van der Waals surface area contributed by atoms with E-state index in [-0.39, 0.29) is 5.75 Å². The van der Waals surface area contributed by atoms with Crippen molar-refractivity contribution in [3.05, 3.63) is 82.7 Å². The Morgan fingerprint density at radius 3 is 2.53 bits per heavy atom. The van der Waals surface area contributed by atoms with E-state index in [1.54, 1.807) is 12.1 Å².